The third kappa shape index (κ3) is 3.40. The van der Waals surface area contributed by atoms with Gasteiger partial charge in [-0.2, -0.15) is 5.10 Å². The number of benzene rings is 2. The number of H-pyrrole nitrogens is 1. The van der Waals surface area contributed by atoms with Gasteiger partial charge in [0.1, 0.15) is 11.9 Å². The minimum atomic E-state index is -0.690. The van der Waals surface area contributed by atoms with E-state index in [0.717, 1.165) is 47.1 Å². The van der Waals surface area contributed by atoms with Crippen molar-refractivity contribution in [2.24, 2.45) is 0 Å². The van der Waals surface area contributed by atoms with Crippen LogP contribution in [0.1, 0.15) is 49.7 Å². The number of fused-ring (bicyclic) bond motifs is 2. The maximum Gasteiger partial charge on any atom is 0.275 e. The van der Waals surface area contributed by atoms with Gasteiger partial charge in [-0.3, -0.25) is 9.59 Å². The van der Waals surface area contributed by atoms with Gasteiger partial charge in [0.05, 0.1) is 28.7 Å². The first-order valence-electron chi connectivity index (χ1n) is 10.8. The summed E-state index contributed by atoms with van der Waals surface area (Å²) in [4.78, 5) is 36.5. The van der Waals surface area contributed by atoms with E-state index in [1.165, 1.54) is 4.68 Å². The van der Waals surface area contributed by atoms with Crippen molar-refractivity contribution in [2.75, 3.05) is 6.54 Å². The van der Waals surface area contributed by atoms with Gasteiger partial charge in [0.2, 0.25) is 5.91 Å². The molecule has 0 unspecified atom stereocenters. The van der Waals surface area contributed by atoms with Crippen LogP contribution >= 0.6 is 0 Å². The smallest absolute Gasteiger partial charge is 0.275 e. The van der Waals surface area contributed by atoms with E-state index in [4.69, 9.17) is 4.98 Å². The van der Waals surface area contributed by atoms with Gasteiger partial charge in [-0.1, -0.05) is 24.3 Å². The molecule has 0 aliphatic carbocycles. The molecule has 2 atom stereocenters. The lowest BCUT2D eigenvalue weighted by atomic mass is 10.0. The Labute approximate surface area is 179 Å². The number of hydrogen-bond donors (Lipinski definition) is 1. The molecule has 7 nitrogen and oxygen atoms in total. The second-order valence-corrected chi connectivity index (χ2v) is 8.34. The molecular formula is C24H25N5O2. The highest BCUT2D eigenvalue weighted by Gasteiger charge is 2.34. The molecule has 1 saturated heterocycles. The standard InChI is InChI=1S/C24H25N5O2/c1-15-10-11-19-20(13-15)27-22(26-19)21-9-5-6-12-28(21)23(30)16(2)29-24(31)18-8-4-3-7-17(18)14-25-29/h3-4,7-8,10-11,13-14,16,21H,5-6,9,12H2,1-2H3,(H,26,27)/t16-,21+/m0/s1. The Morgan fingerprint density at radius 2 is 2.03 bits per heavy atom. The molecule has 5 rings (SSSR count). The molecule has 0 spiro atoms. The van der Waals surface area contributed by atoms with Crippen LogP contribution < -0.4 is 5.56 Å². The molecule has 7 heteroatoms. The maximum atomic E-state index is 13.5. The summed E-state index contributed by atoms with van der Waals surface area (Å²) in [6.45, 7) is 4.44. The maximum absolute atomic E-state index is 13.5. The molecule has 31 heavy (non-hydrogen) atoms. The van der Waals surface area contributed by atoms with E-state index < -0.39 is 6.04 Å². The molecule has 1 aliphatic heterocycles. The summed E-state index contributed by atoms with van der Waals surface area (Å²) in [5.41, 5.74) is 2.80. The van der Waals surface area contributed by atoms with Crippen LogP contribution in [-0.4, -0.2) is 37.1 Å². The monoisotopic (exact) mass is 415 g/mol. The van der Waals surface area contributed by atoms with Gasteiger partial charge in [0, 0.05) is 11.9 Å². The number of aromatic amines is 1. The van der Waals surface area contributed by atoms with Crippen LogP contribution in [0.25, 0.3) is 21.8 Å². The molecular weight excluding hydrogens is 390 g/mol. The number of carbonyl (C=O) groups is 1. The van der Waals surface area contributed by atoms with Crippen molar-refractivity contribution in [3.63, 3.8) is 0 Å². The molecule has 4 aromatic rings. The van der Waals surface area contributed by atoms with E-state index in [1.807, 2.05) is 42.2 Å². The van der Waals surface area contributed by atoms with Crippen molar-refractivity contribution in [3.8, 4) is 0 Å². The van der Waals surface area contributed by atoms with Crippen molar-refractivity contribution < 1.29 is 4.79 Å². The number of imidazole rings is 1. The fourth-order valence-electron chi connectivity index (χ4n) is 4.51. The van der Waals surface area contributed by atoms with Gasteiger partial charge < -0.3 is 9.88 Å². The van der Waals surface area contributed by atoms with Crippen molar-refractivity contribution in [1.29, 1.82) is 0 Å². The summed E-state index contributed by atoms with van der Waals surface area (Å²) >= 11 is 0. The van der Waals surface area contributed by atoms with Crippen molar-refractivity contribution in [3.05, 3.63) is 70.4 Å². The highest BCUT2D eigenvalue weighted by atomic mass is 16.2. The zero-order valence-corrected chi connectivity index (χ0v) is 17.7. The van der Waals surface area contributed by atoms with Crippen LogP contribution in [0.15, 0.2) is 53.5 Å². The number of piperidine rings is 1. The van der Waals surface area contributed by atoms with Gasteiger partial charge >= 0.3 is 0 Å². The topological polar surface area (TPSA) is 83.9 Å². The summed E-state index contributed by atoms with van der Waals surface area (Å²) in [7, 11) is 0. The van der Waals surface area contributed by atoms with Crippen LogP contribution in [0.3, 0.4) is 0 Å². The third-order valence-electron chi connectivity index (χ3n) is 6.20. The average molecular weight is 415 g/mol. The molecule has 3 heterocycles. The normalized spacial score (nSPS) is 17.9. The molecule has 2 aromatic carbocycles. The minimum Gasteiger partial charge on any atom is -0.340 e. The lowest BCUT2D eigenvalue weighted by Gasteiger charge is -2.36. The van der Waals surface area contributed by atoms with Crippen LogP contribution in [0.4, 0.5) is 0 Å². The fourth-order valence-corrected chi connectivity index (χ4v) is 4.51. The van der Waals surface area contributed by atoms with Gasteiger partial charge in [-0.15, -0.1) is 0 Å². The Kier molecular flexibility index (Phi) is 4.81. The zero-order chi connectivity index (χ0) is 21.5. The SMILES string of the molecule is Cc1ccc2nc([C@H]3CCCCN3C(=O)[C@H](C)n3ncc4ccccc4c3=O)[nH]c2c1. The van der Waals surface area contributed by atoms with Gasteiger partial charge in [-0.25, -0.2) is 9.67 Å². The quantitative estimate of drug-likeness (QED) is 0.550. The average Bonchev–Trinajstić information content (AvgIpc) is 3.21. The number of amides is 1. The zero-order valence-electron chi connectivity index (χ0n) is 17.7. The Morgan fingerprint density at radius 1 is 1.19 bits per heavy atom. The summed E-state index contributed by atoms with van der Waals surface area (Å²) in [6.07, 6.45) is 4.47. The lowest BCUT2D eigenvalue weighted by Crippen LogP contribution is -2.44. The van der Waals surface area contributed by atoms with Crippen molar-refractivity contribution in [2.45, 2.75) is 45.2 Å². The molecule has 0 bridgehead atoms. The number of rotatable bonds is 3. The Hall–Kier alpha value is -3.48. The molecule has 0 radical (unpaired) electrons. The first kappa shape index (κ1) is 19.5. The number of aromatic nitrogens is 4. The second kappa shape index (κ2) is 7.65. The highest BCUT2D eigenvalue weighted by Crippen LogP contribution is 2.32. The lowest BCUT2D eigenvalue weighted by molar-refractivity contribution is -0.138. The van der Waals surface area contributed by atoms with Crippen molar-refractivity contribution >= 4 is 27.7 Å². The molecule has 1 fully saturated rings. The number of aryl methyl sites for hydroxylation is 1. The molecule has 1 aliphatic rings. The van der Waals surface area contributed by atoms with Gasteiger partial charge in [0.15, 0.2) is 0 Å². The Bertz CT molecular complexity index is 1340. The van der Waals surface area contributed by atoms with Crippen LogP contribution in [0, 0.1) is 6.92 Å². The van der Waals surface area contributed by atoms with E-state index in [0.29, 0.717) is 11.9 Å². The molecule has 158 valence electrons. The number of carbonyl (C=O) groups excluding carboxylic acids is 1. The number of nitrogens with one attached hydrogen (secondary N) is 1. The summed E-state index contributed by atoms with van der Waals surface area (Å²) in [5.74, 6) is 0.700. The minimum absolute atomic E-state index is 0.105. The molecule has 0 saturated carbocycles. The van der Waals surface area contributed by atoms with Crippen LogP contribution in [0.2, 0.25) is 0 Å². The Balaban J connectivity index is 1.49. The van der Waals surface area contributed by atoms with E-state index in [2.05, 4.69) is 16.1 Å². The number of hydrogen-bond acceptors (Lipinski definition) is 4. The number of nitrogens with zero attached hydrogens (tertiary/aromatic N) is 4. The van der Waals surface area contributed by atoms with Crippen LogP contribution in [-0.2, 0) is 4.79 Å². The van der Waals surface area contributed by atoms with Crippen molar-refractivity contribution in [1.82, 2.24) is 24.6 Å². The molecule has 2 aromatic heterocycles. The predicted octanol–water partition coefficient (Wildman–Crippen LogP) is 3.90. The van der Waals surface area contributed by atoms with E-state index in [-0.39, 0.29) is 17.5 Å². The summed E-state index contributed by atoms with van der Waals surface area (Å²) in [5, 5.41) is 5.64. The first-order chi connectivity index (χ1) is 15.0. The second-order valence-electron chi connectivity index (χ2n) is 8.34. The predicted molar refractivity (Wildman–Crippen MR) is 120 cm³/mol. The van der Waals surface area contributed by atoms with Gasteiger partial charge in [0.25, 0.3) is 5.56 Å². The first-order valence-corrected chi connectivity index (χ1v) is 10.8. The fraction of sp³-hybridized carbons (Fsp3) is 0.333. The van der Waals surface area contributed by atoms with Crippen LogP contribution in [0.5, 0.6) is 0 Å². The van der Waals surface area contributed by atoms with E-state index in [1.54, 1.807) is 19.2 Å². The van der Waals surface area contributed by atoms with E-state index >= 15 is 0 Å². The van der Waals surface area contributed by atoms with Gasteiger partial charge in [-0.05, 0) is 56.9 Å². The highest BCUT2D eigenvalue weighted by molar-refractivity contribution is 5.83. The third-order valence-corrected chi connectivity index (χ3v) is 6.20. The molecule has 1 N–H and O–H groups in total. The molecule has 1 amide bonds. The summed E-state index contributed by atoms with van der Waals surface area (Å²) in [6, 6.07) is 12.6. The Morgan fingerprint density at radius 3 is 2.90 bits per heavy atom. The summed E-state index contributed by atoms with van der Waals surface area (Å²) < 4.78 is 1.30. The number of likely N-dealkylation sites (tertiary alicyclic amines) is 1. The largest absolute Gasteiger partial charge is 0.340 e. The van der Waals surface area contributed by atoms with E-state index in [9.17, 15) is 9.59 Å².